The van der Waals surface area contributed by atoms with Crippen LogP contribution in [0.1, 0.15) is 5.56 Å². The van der Waals surface area contributed by atoms with Crippen molar-refractivity contribution in [3.8, 4) is 28.7 Å². The monoisotopic (exact) mass is 334 g/mol. The number of hydrogen-bond donors (Lipinski definition) is 2. The van der Waals surface area contributed by atoms with Crippen molar-refractivity contribution in [2.24, 2.45) is 0 Å². The molecule has 24 heavy (non-hydrogen) atoms. The van der Waals surface area contributed by atoms with Gasteiger partial charge in [-0.3, -0.25) is 0 Å². The Bertz CT molecular complexity index is 633. The van der Waals surface area contributed by atoms with Gasteiger partial charge in [-0.2, -0.15) is 0 Å². The summed E-state index contributed by atoms with van der Waals surface area (Å²) < 4.78 is 26.3. The summed E-state index contributed by atoms with van der Waals surface area (Å²) in [6, 6.07) is 10.4. The molecule has 0 aliphatic rings. The van der Waals surface area contributed by atoms with Crippen molar-refractivity contribution in [3.05, 3.63) is 42.0 Å². The van der Waals surface area contributed by atoms with E-state index in [9.17, 15) is 0 Å². The second-order valence-electron chi connectivity index (χ2n) is 4.74. The van der Waals surface area contributed by atoms with Crippen LogP contribution in [0.15, 0.2) is 36.4 Å². The highest BCUT2D eigenvalue weighted by molar-refractivity contribution is 6.33. The van der Waals surface area contributed by atoms with Gasteiger partial charge in [-0.15, -0.1) is 0 Å². The Balaban J connectivity index is 2.20. The Morgan fingerprint density at radius 1 is 0.833 bits per heavy atom. The van der Waals surface area contributed by atoms with Gasteiger partial charge in [-0.1, -0.05) is 12.1 Å². The molecule has 2 rings (SSSR count). The van der Waals surface area contributed by atoms with Crippen LogP contribution in [0.3, 0.4) is 0 Å². The first-order valence-electron chi connectivity index (χ1n) is 7.12. The molecule has 128 valence electrons. The third-order valence-corrected chi connectivity index (χ3v) is 3.22. The first-order chi connectivity index (χ1) is 11.6. The molecule has 2 aromatic carbocycles. The average molecular weight is 334 g/mol. The van der Waals surface area contributed by atoms with Gasteiger partial charge < -0.3 is 33.6 Å². The molecule has 0 aliphatic heterocycles. The molecule has 0 radical (unpaired) electrons. The highest BCUT2D eigenvalue weighted by Gasteiger charge is 2.18. The minimum Gasteiger partial charge on any atom is -0.512 e. The Labute approximate surface area is 140 Å². The van der Waals surface area contributed by atoms with Gasteiger partial charge in [0.25, 0.3) is 0 Å². The first-order valence-corrected chi connectivity index (χ1v) is 7.12. The van der Waals surface area contributed by atoms with E-state index in [2.05, 4.69) is 0 Å². The quantitative estimate of drug-likeness (QED) is 0.710. The van der Waals surface area contributed by atoms with Gasteiger partial charge in [0.2, 0.25) is 5.75 Å². The Hall–Kier alpha value is -2.58. The van der Waals surface area contributed by atoms with Gasteiger partial charge in [0.05, 0.1) is 21.3 Å². The van der Waals surface area contributed by atoms with Crippen LogP contribution >= 0.6 is 0 Å². The zero-order chi connectivity index (χ0) is 17.5. The van der Waals surface area contributed by atoms with Gasteiger partial charge in [-0.05, 0) is 17.7 Å². The third kappa shape index (κ3) is 4.47. The van der Waals surface area contributed by atoms with E-state index in [1.165, 1.54) is 26.4 Å². The van der Waals surface area contributed by atoms with E-state index in [0.717, 1.165) is 11.3 Å². The summed E-state index contributed by atoms with van der Waals surface area (Å²) in [5.74, 6) is 2.01. The second kappa shape index (κ2) is 8.33. The highest BCUT2D eigenvalue weighted by Crippen LogP contribution is 2.41. The molecule has 8 heteroatoms. The molecule has 0 saturated carbocycles. The van der Waals surface area contributed by atoms with E-state index in [1.54, 1.807) is 7.11 Å². The third-order valence-electron chi connectivity index (χ3n) is 3.22. The van der Waals surface area contributed by atoms with Gasteiger partial charge in [-0.25, -0.2) is 0 Å². The van der Waals surface area contributed by atoms with Crippen LogP contribution in [-0.2, 0) is 6.61 Å². The normalized spacial score (nSPS) is 10.0. The molecular weight excluding hydrogens is 315 g/mol. The van der Waals surface area contributed by atoms with Gasteiger partial charge in [0.1, 0.15) is 18.1 Å². The molecule has 2 aromatic rings. The van der Waals surface area contributed by atoms with Crippen LogP contribution < -0.4 is 23.6 Å². The lowest BCUT2D eigenvalue weighted by atomic mass is 10.2. The smallest absolute Gasteiger partial charge is 0.512 e. The van der Waals surface area contributed by atoms with Crippen molar-refractivity contribution >= 4 is 7.32 Å². The lowest BCUT2D eigenvalue weighted by Crippen LogP contribution is -2.20. The lowest BCUT2D eigenvalue weighted by Gasteiger charge is -2.16. The Morgan fingerprint density at radius 3 is 1.88 bits per heavy atom. The Morgan fingerprint density at radius 2 is 1.42 bits per heavy atom. The summed E-state index contributed by atoms with van der Waals surface area (Å²) in [6.07, 6.45) is 0. The van der Waals surface area contributed by atoms with E-state index in [-0.39, 0.29) is 5.75 Å². The molecule has 0 fully saturated rings. The van der Waals surface area contributed by atoms with Crippen molar-refractivity contribution < 1.29 is 33.6 Å². The van der Waals surface area contributed by atoms with Crippen molar-refractivity contribution in [2.45, 2.75) is 6.61 Å². The predicted molar refractivity (Wildman–Crippen MR) is 87.7 cm³/mol. The fraction of sp³-hybridized carbons (Fsp3) is 0.250. The minimum atomic E-state index is -1.94. The first kappa shape index (κ1) is 17.8. The van der Waals surface area contributed by atoms with Crippen LogP contribution in [0.2, 0.25) is 0 Å². The van der Waals surface area contributed by atoms with E-state index in [4.69, 9.17) is 33.6 Å². The van der Waals surface area contributed by atoms with Crippen molar-refractivity contribution in [3.63, 3.8) is 0 Å². The summed E-state index contributed by atoms with van der Waals surface area (Å²) in [5.41, 5.74) is 0.936. The zero-order valence-electron chi connectivity index (χ0n) is 13.7. The summed E-state index contributed by atoms with van der Waals surface area (Å²) >= 11 is 0. The molecule has 7 nitrogen and oxygen atoms in total. The van der Waals surface area contributed by atoms with Crippen LogP contribution in [0, 0.1) is 0 Å². The average Bonchev–Trinajstić information content (AvgIpc) is 2.59. The maximum absolute atomic E-state index is 8.91. The number of rotatable bonds is 8. The van der Waals surface area contributed by atoms with E-state index in [0.29, 0.717) is 23.9 Å². The second-order valence-corrected chi connectivity index (χ2v) is 4.74. The fourth-order valence-electron chi connectivity index (χ4n) is 2.07. The predicted octanol–water partition coefficient (Wildman–Crippen LogP) is 1.64. The van der Waals surface area contributed by atoms with E-state index >= 15 is 0 Å². The van der Waals surface area contributed by atoms with Crippen LogP contribution in [0.5, 0.6) is 28.7 Å². The van der Waals surface area contributed by atoms with Crippen molar-refractivity contribution in [1.82, 2.24) is 0 Å². The highest BCUT2D eigenvalue weighted by atomic mass is 16.6. The SMILES string of the molecule is COc1ccc(COc2c(OC)cc(OB(O)O)cc2OC)cc1. The topological polar surface area (TPSA) is 86.6 Å². The maximum atomic E-state index is 8.91. The summed E-state index contributed by atoms with van der Waals surface area (Å²) in [6.45, 7) is 0.291. The molecule has 0 bridgehead atoms. The molecule has 0 atom stereocenters. The van der Waals surface area contributed by atoms with Gasteiger partial charge >= 0.3 is 7.32 Å². The van der Waals surface area contributed by atoms with Crippen molar-refractivity contribution in [1.29, 1.82) is 0 Å². The summed E-state index contributed by atoms with van der Waals surface area (Å²) in [4.78, 5) is 0. The van der Waals surface area contributed by atoms with Gasteiger partial charge in [0, 0.05) is 12.1 Å². The summed E-state index contributed by atoms with van der Waals surface area (Å²) in [5, 5.41) is 17.8. The zero-order valence-corrected chi connectivity index (χ0v) is 13.7. The largest absolute Gasteiger partial charge is 0.707 e. The molecule has 0 saturated heterocycles. The Kier molecular flexibility index (Phi) is 6.17. The van der Waals surface area contributed by atoms with Crippen LogP contribution in [0.25, 0.3) is 0 Å². The molecule has 0 aliphatic carbocycles. The molecule has 0 spiro atoms. The number of benzene rings is 2. The lowest BCUT2D eigenvalue weighted by molar-refractivity contribution is 0.261. The van der Waals surface area contributed by atoms with Crippen LogP contribution in [-0.4, -0.2) is 38.7 Å². The molecule has 2 N–H and O–H groups in total. The molecule has 0 amide bonds. The molecular formula is C16H19BO7. The number of hydrogen-bond acceptors (Lipinski definition) is 7. The number of methoxy groups -OCH3 is 3. The molecule has 0 unspecified atom stereocenters. The number of ether oxygens (including phenoxy) is 4. The fourth-order valence-corrected chi connectivity index (χ4v) is 2.07. The standard InChI is InChI=1S/C16H19BO7/c1-20-12-6-4-11(5-7-12)10-23-16-14(21-2)8-13(24-17(18)19)9-15(16)22-3/h4-9,18-19H,10H2,1-3H3. The van der Waals surface area contributed by atoms with E-state index < -0.39 is 7.32 Å². The maximum Gasteiger partial charge on any atom is 0.707 e. The van der Waals surface area contributed by atoms with Crippen molar-refractivity contribution in [2.75, 3.05) is 21.3 Å². The van der Waals surface area contributed by atoms with Gasteiger partial charge in [0.15, 0.2) is 11.5 Å². The minimum absolute atomic E-state index is 0.176. The summed E-state index contributed by atoms with van der Waals surface area (Å²) in [7, 11) is 2.60. The molecule has 0 aromatic heterocycles. The molecule has 0 heterocycles. The van der Waals surface area contributed by atoms with Crippen LogP contribution in [0.4, 0.5) is 0 Å². The van der Waals surface area contributed by atoms with E-state index in [1.807, 2.05) is 24.3 Å².